The van der Waals surface area contributed by atoms with Gasteiger partial charge in [-0.15, -0.1) is 0 Å². The number of aliphatic hydroxyl groups excluding tert-OH is 1. The van der Waals surface area contributed by atoms with Crippen molar-refractivity contribution in [3.05, 3.63) is 70.8 Å². The minimum Gasteiger partial charge on any atom is -0.478 e. The van der Waals surface area contributed by atoms with E-state index in [9.17, 15) is 18.7 Å². The zero-order valence-corrected chi connectivity index (χ0v) is 13.9. The predicted molar refractivity (Wildman–Crippen MR) is 89.6 cm³/mol. The SMILES string of the molecule is C=C(F)C(O)C(C)c1ccc(Oc2ccc(C(=O)O)c(F)c2)cc1Cl. The lowest BCUT2D eigenvalue weighted by Crippen LogP contribution is -2.16. The van der Waals surface area contributed by atoms with Gasteiger partial charge in [-0.05, 0) is 29.8 Å². The minimum atomic E-state index is -1.39. The highest BCUT2D eigenvalue weighted by Crippen LogP contribution is 2.34. The highest BCUT2D eigenvalue weighted by molar-refractivity contribution is 6.31. The molecule has 0 aliphatic heterocycles. The first-order chi connectivity index (χ1) is 11.7. The van der Waals surface area contributed by atoms with Crippen molar-refractivity contribution in [2.24, 2.45) is 0 Å². The van der Waals surface area contributed by atoms with Gasteiger partial charge in [-0.25, -0.2) is 13.6 Å². The number of benzene rings is 2. The van der Waals surface area contributed by atoms with Gasteiger partial charge in [0, 0.05) is 17.0 Å². The van der Waals surface area contributed by atoms with Crippen molar-refractivity contribution in [2.75, 3.05) is 0 Å². The molecule has 4 nitrogen and oxygen atoms in total. The molecule has 0 aliphatic rings. The third kappa shape index (κ3) is 4.35. The smallest absolute Gasteiger partial charge is 0.338 e. The molecule has 7 heteroatoms. The maximum absolute atomic E-state index is 13.7. The van der Waals surface area contributed by atoms with Crippen molar-refractivity contribution in [1.82, 2.24) is 0 Å². The van der Waals surface area contributed by atoms with Crippen LogP contribution in [0.1, 0.15) is 28.8 Å². The first kappa shape index (κ1) is 18.9. The Balaban J connectivity index is 2.22. The van der Waals surface area contributed by atoms with Gasteiger partial charge in [0.2, 0.25) is 0 Å². The molecule has 2 aromatic rings. The average molecular weight is 369 g/mol. The van der Waals surface area contributed by atoms with Gasteiger partial charge in [-0.2, -0.15) is 0 Å². The maximum Gasteiger partial charge on any atom is 0.338 e. The van der Waals surface area contributed by atoms with Crippen molar-refractivity contribution >= 4 is 17.6 Å². The summed E-state index contributed by atoms with van der Waals surface area (Å²) in [5, 5.41) is 18.8. The van der Waals surface area contributed by atoms with E-state index in [4.69, 9.17) is 21.4 Å². The van der Waals surface area contributed by atoms with Gasteiger partial charge in [-0.3, -0.25) is 0 Å². The number of rotatable bonds is 6. The van der Waals surface area contributed by atoms with E-state index in [1.165, 1.54) is 18.2 Å². The number of ether oxygens (including phenoxy) is 1. The quantitative estimate of drug-likeness (QED) is 0.759. The molecule has 0 amide bonds. The van der Waals surface area contributed by atoms with E-state index in [2.05, 4.69) is 6.58 Å². The fourth-order valence-corrected chi connectivity index (χ4v) is 2.59. The monoisotopic (exact) mass is 368 g/mol. The molecular formula is C18H15ClF2O4. The summed E-state index contributed by atoms with van der Waals surface area (Å²) in [4.78, 5) is 10.8. The van der Waals surface area contributed by atoms with Crippen LogP contribution in [-0.4, -0.2) is 22.3 Å². The number of hydrogen-bond donors (Lipinski definition) is 2. The molecule has 2 N–H and O–H groups in total. The maximum atomic E-state index is 13.7. The molecule has 0 heterocycles. The molecule has 132 valence electrons. The summed E-state index contributed by atoms with van der Waals surface area (Å²) in [6, 6.07) is 7.86. The lowest BCUT2D eigenvalue weighted by Gasteiger charge is -2.19. The summed E-state index contributed by atoms with van der Waals surface area (Å²) in [5.74, 6) is -3.41. The zero-order chi connectivity index (χ0) is 18.7. The minimum absolute atomic E-state index is 0.0940. The van der Waals surface area contributed by atoms with Crippen LogP contribution in [0, 0.1) is 5.82 Å². The van der Waals surface area contributed by atoms with Crippen LogP contribution in [0.3, 0.4) is 0 Å². The van der Waals surface area contributed by atoms with Gasteiger partial charge in [0.15, 0.2) is 0 Å². The van der Waals surface area contributed by atoms with Crippen molar-refractivity contribution in [3.8, 4) is 11.5 Å². The molecule has 2 atom stereocenters. The Labute approximate surface area is 147 Å². The first-order valence-corrected chi connectivity index (χ1v) is 7.61. The van der Waals surface area contributed by atoms with E-state index in [-0.39, 0.29) is 16.5 Å². The van der Waals surface area contributed by atoms with Crippen LogP contribution in [0.2, 0.25) is 5.02 Å². The lowest BCUT2D eigenvalue weighted by atomic mass is 9.94. The second-order valence-electron chi connectivity index (χ2n) is 5.41. The molecule has 0 saturated carbocycles. The summed E-state index contributed by atoms with van der Waals surface area (Å²) in [6.45, 7) is 4.67. The number of hydrogen-bond acceptors (Lipinski definition) is 3. The Morgan fingerprint density at radius 3 is 2.36 bits per heavy atom. The molecule has 0 aromatic heterocycles. The number of aromatic carboxylic acids is 1. The fraction of sp³-hybridized carbons (Fsp3) is 0.167. The number of carboxylic acid groups (broad SMARTS) is 1. The third-order valence-electron chi connectivity index (χ3n) is 3.66. The van der Waals surface area contributed by atoms with Crippen molar-refractivity contribution in [1.29, 1.82) is 0 Å². The van der Waals surface area contributed by atoms with Gasteiger partial charge in [0.05, 0.1) is 5.56 Å². The van der Waals surface area contributed by atoms with Gasteiger partial charge in [-0.1, -0.05) is 31.2 Å². The molecule has 2 unspecified atom stereocenters. The van der Waals surface area contributed by atoms with Crippen LogP contribution in [0.5, 0.6) is 11.5 Å². The molecule has 0 fully saturated rings. The third-order valence-corrected chi connectivity index (χ3v) is 3.99. The second kappa shape index (κ2) is 7.63. The topological polar surface area (TPSA) is 66.8 Å². The van der Waals surface area contributed by atoms with Gasteiger partial charge in [0.1, 0.15) is 29.2 Å². The molecule has 0 radical (unpaired) electrons. The van der Waals surface area contributed by atoms with Gasteiger partial charge >= 0.3 is 5.97 Å². The number of halogens is 3. The molecule has 0 bridgehead atoms. The van der Waals surface area contributed by atoms with E-state index in [0.29, 0.717) is 5.56 Å². The van der Waals surface area contributed by atoms with Crippen molar-refractivity contribution in [2.45, 2.75) is 18.9 Å². The predicted octanol–water partition coefficient (Wildman–Crippen LogP) is 4.92. The number of carbonyl (C=O) groups is 1. The van der Waals surface area contributed by atoms with Gasteiger partial charge in [0.25, 0.3) is 0 Å². The molecule has 25 heavy (non-hydrogen) atoms. The molecule has 2 rings (SSSR count). The molecular weight excluding hydrogens is 354 g/mol. The number of aliphatic hydroxyl groups is 1. The van der Waals surface area contributed by atoms with Gasteiger partial charge < -0.3 is 14.9 Å². The van der Waals surface area contributed by atoms with Crippen LogP contribution < -0.4 is 4.74 Å². The van der Waals surface area contributed by atoms with E-state index >= 15 is 0 Å². The normalized spacial score (nSPS) is 13.2. The Hall–Kier alpha value is -2.44. The molecule has 0 aliphatic carbocycles. The largest absolute Gasteiger partial charge is 0.478 e. The average Bonchev–Trinajstić information content (AvgIpc) is 2.53. The van der Waals surface area contributed by atoms with Crippen LogP contribution in [0.25, 0.3) is 0 Å². The van der Waals surface area contributed by atoms with E-state index in [0.717, 1.165) is 12.1 Å². The van der Waals surface area contributed by atoms with Crippen LogP contribution in [0.4, 0.5) is 8.78 Å². The van der Waals surface area contributed by atoms with Crippen molar-refractivity contribution < 1.29 is 28.5 Å². The summed E-state index contributed by atoms with van der Waals surface area (Å²) < 4.78 is 32.2. The van der Waals surface area contributed by atoms with Crippen LogP contribution in [0.15, 0.2) is 48.8 Å². The highest BCUT2D eigenvalue weighted by atomic mass is 35.5. The second-order valence-corrected chi connectivity index (χ2v) is 5.82. The zero-order valence-electron chi connectivity index (χ0n) is 13.2. The Morgan fingerprint density at radius 1 is 1.24 bits per heavy atom. The summed E-state index contributed by atoms with van der Waals surface area (Å²) >= 11 is 6.14. The summed E-state index contributed by atoms with van der Waals surface area (Å²) in [6.07, 6.45) is -1.39. The van der Waals surface area contributed by atoms with Crippen LogP contribution >= 0.6 is 11.6 Å². The molecule has 0 spiro atoms. The van der Waals surface area contributed by atoms with Crippen LogP contribution in [-0.2, 0) is 0 Å². The highest BCUT2D eigenvalue weighted by Gasteiger charge is 2.22. The molecule has 0 saturated heterocycles. The Kier molecular flexibility index (Phi) is 5.77. The van der Waals surface area contributed by atoms with E-state index < -0.39 is 35.2 Å². The molecule has 2 aromatic carbocycles. The Bertz CT molecular complexity index is 823. The fourth-order valence-electron chi connectivity index (χ4n) is 2.25. The number of carboxylic acids is 1. The van der Waals surface area contributed by atoms with Crippen molar-refractivity contribution in [3.63, 3.8) is 0 Å². The Morgan fingerprint density at radius 2 is 1.84 bits per heavy atom. The van der Waals surface area contributed by atoms with E-state index in [1.54, 1.807) is 13.0 Å². The summed E-state index contributed by atoms with van der Waals surface area (Å²) in [5.41, 5.74) is 0.0303. The van der Waals surface area contributed by atoms with E-state index in [1.807, 2.05) is 0 Å². The lowest BCUT2D eigenvalue weighted by molar-refractivity contribution is 0.0692. The summed E-state index contributed by atoms with van der Waals surface area (Å²) in [7, 11) is 0. The first-order valence-electron chi connectivity index (χ1n) is 7.23. The standard InChI is InChI=1S/C18H15ClF2O4/c1-9(17(22)10(2)20)13-5-3-11(7-15(13)19)25-12-4-6-14(18(23)24)16(21)8-12/h3-9,17,22H,2H2,1H3,(H,23,24).